The summed E-state index contributed by atoms with van der Waals surface area (Å²) in [5.41, 5.74) is -0.142. The van der Waals surface area contributed by atoms with E-state index >= 15 is 0 Å². The van der Waals surface area contributed by atoms with E-state index in [1.54, 1.807) is 18.2 Å². The van der Waals surface area contributed by atoms with Crippen LogP contribution >= 0.6 is 0 Å². The Morgan fingerprint density at radius 3 is 2.45 bits per heavy atom. The number of ether oxygens (including phenoxy) is 4. The molecule has 1 spiro atoms. The van der Waals surface area contributed by atoms with Crippen LogP contribution in [0, 0.1) is 22.7 Å². The molecule has 0 aromatic rings. The van der Waals surface area contributed by atoms with Gasteiger partial charge in [0.15, 0.2) is 0 Å². The summed E-state index contributed by atoms with van der Waals surface area (Å²) in [6, 6.07) is 0. The second-order valence-corrected chi connectivity index (χ2v) is 12.1. The Balaban J connectivity index is 2.05. The molecule has 1 N–H and O–H groups in total. The van der Waals surface area contributed by atoms with Gasteiger partial charge >= 0.3 is 17.9 Å². The summed E-state index contributed by atoms with van der Waals surface area (Å²) < 4.78 is 23.3. The van der Waals surface area contributed by atoms with Crippen LogP contribution in [0.3, 0.4) is 0 Å². The number of carbonyl (C=O) groups excluding carboxylic acids is 3. The van der Waals surface area contributed by atoms with Crippen LogP contribution < -0.4 is 0 Å². The predicted molar refractivity (Wildman–Crippen MR) is 160 cm³/mol. The van der Waals surface area contributed by atoms with Crippen molar-refractivity contribution < 1.29 is 38.4 Å². The number of hydrogen-bond donors (Lipinski definition) is 1. The zero-order valence-corrected chi connectivity index (χ0v) is 26.0. The minimum Gasteiger partial charge on any atom is -0.455 e. The Morgan fingerprint density at radius 2 is 1.81 bits per heavy atom. The fourth-order valence-electron chi connectivity index (χ4n) is 6.88. The normalized spacial score (nSPS) is 34.5. The number of unbranched alkanes of at least 4 members (excludes halogenated alkanes) is 3. The first kappa shape index (κ1) is 33.5. The van der Waals surface area contributed by atoms with Gasteiger partial charge in [-0.15, -0.1) is 0 Å². The largest absolute Gasteiger partial charge is 0.455 e. The van der Waals surface area contributed by atoms with Crippen molar-refractivity contribution in [2.75, 3.05) is 0 Å². The van der Waals surface area contributed by atoms with Gasteiger partial charge in [0, 0.05) is 25.5 Å². The van der Waals surface area contributed by atoms with E-state index in [2.05, 4.69) is 33.4 Å². The minimum absolute atomic E-state index is 0.0520. The van der Waals surface area contributed by atoms with E-state index in [4.69, 9.17) is 18.9 Å². The summed E-state index contributed by atoms with van der Waals surface area (Å²) in [4.78, 5) is 37.2. The highest BCUT2D eigenvalue weighted by Crippen LogP contribution is 2.67. The van der Waals surface area contributed by atoms with Crippen molar-refractivity contribution in [1.82, 2.24) is 0 Å². The van der Waals surface area contributed by atoms with Crippen LogP contribution in [0.5, 0.6) is 0 Å². The van der Waals surface area contributed by atoms with E-state index in [1.807, 2.05) is 19.1 Å². The van der Waals surface area contributed by atoms with E-state index in [9.17, 15) is 19.5 Å². The maximum Gasteiger partial charge on any atom is 0.331 e. The summed E-state index contributed by atoms with van der Waals surface area (Å²) in [6.45, 7) is 14.8. The Morgan fingerprint density at radius 1 is 1.10 bits per heavy atom. The van der Waals surface area contributed by atoms with Crippen LogP contribution in [-0.2, 0) is 33.3 Å². The molecule has 0 amide bonds. The third-order valence-electron chi connectivity index (χ3n) is 9.30. The van der Waals surface area contributed by atoms with Crippen LogP contribution in [0.4, 0.5) is 0 Å². The highest BCUT2D eigenvalue weighted by Gasteiger charge is 2.71. The van der Waals surface area contributed by atoms with Crippen molar-refractivity contribution in [3.05, 3.63) is 60.3 Å². The van der Waals surface area contributed by atoms with Crippen LogP contribution in [0.1, 0.15) is 86.5 Å². The minimum atomic E-state index is -1.20. The van der Waals surface area contributed by atoms with Crippen LogP contribution in [0.2, 0.25) is 0 Å². The van der Waals surface area contributed by atoms with Crippen molar-refractivity contribution in [2.24, 2.45) is 22.7 Å². The standard InChI is InChI=1S/C34H48O8/c1-8-10-11-12-13-14-15-16-30(38)41-26-20-27-31(39-24(5)35)42-32(40-25(6)36)34(27)28(21-26)33(7,18-17-22(3)9-2)23(4)19-29(34)37/h9,13-17,20,23,26,28-29,31-32,37H,2,8,10-12,18-19,21H2,1,3-7H3/b14-13+,16-15?,22-17+/t23-,26+,28+,29-,31+,32-,33-,34-/m1/s1. The third-order valence-corrected chi connectivity index (χ3v) is 9.30. The molecule has 2 aliphatic carbocycles. The molecule has 0 aromatic carbocycles. The summed E-state index contributed by atoms with van der Waals surface area (Å²) >= 11 is 0. The molecular weight excluding hydrogens is 536 g/mol. The first-order valence-electron chi connectivity index (χ1n) is 15.1. The van der Waals surface area contributed by atoms with Gasteiger partial charge in [-0.2, -0.15) is 0 Å². The zero-order valence-electron chi connectivity index (χ0n) is 26.0. The summed E-state index contributed by atoms with van der Waals surface area (Å²) in [6.07, 6.45) is 14.3. The van der Waals surface area contributed by atoms with Crippen molar-refractivity contribution >= 4 is 17.9 Å². The monoisotopic (exact) mass is 584 g/mol. The van der Waals surface area contributed by atoms with Crippen molar-refractivity contribution in [3.63, 3.8) is 0 Å². The Hall–Kier alpha value is -2.97. The van der Waals surface area contributed by atoms with Crippen molar-refractivity contribution in [3.8, 4) is 0 Å². The topological polar surface area (TPSA) is 108 Å². The molecule has 1 aliphatic heterocycles. The van der Waals surface area contributed by atoms with E-state index in [-0.39, 0.29) is 11.8 Å². The highest BCUT2D eigenvalue weighted by molar-refractivity contribution is 5.82. The van der Waals surface area contributed by atoms with Crippen LogP contribution in [0.15, 0.2) is 60.3 Å². The molecule has 3 aliphatic rings. The van der Waals surface area contributed by atoms with E-state index in [0.717, 1.165) is 24.8 Å². The molecule has 1 saturated carbocycles. The highest BCUT2D eigenvalue weighted by atomic mass is 16.8. The number of allylic oxidation sites excluding steroid dienone is 6. The first-order chi connectivity index (χ1) is 19.9. The molecule has 0 bridgehead atoms. The van der Waals surface area contributed by atoms with Gasteiger partial charge in [-0.25, -0.2) is 4.79 Å². The van der Waals surface area contributed by atoms with Gasteiger partial charge in [0.25, 0.3) is 0 Å². The lowest BCUT2D eigenvalue weighted by Crippen LogP contribution is -2.63. The molecule has 8 nitrogen and oxygen atoms in total. The summed E-state index contributed by atoms with van der Waals surface area (Å²) in [5, 5.41) is 11.8. The van der Waals surface area contributed by atoms with Crippen molar-refractivity contribution in [2.45, 2.75) is 111 Å². The number of aliphatic hydroxyl groups is 1. The van der Waals surface area contributed by atoms with E-state index in [1.165, 1.54) is 26.3 Å². The molecule has 8 atom stereocenters. The van der Waals surface area contributed by atoms with Gasteiger partial charge < -0.3 is 19.3 Å². The van der Waals surface area contributed by atoms with Gasteiger partial charge in [-0.3, -0.25) is 14.3 Å². The maximum atomic E-state index is 12.9. The average molecular weight is 585 g/mol. The Bertz CT molecular complexity index is 1130. The Labute approximate surface area is 250 Å². The molecule has 232 valence electrons. The van der Waals surface area contributed by atoms with E-state index < -0.39 is 53.5 Å². The SMILES string of the molecule is C=C/C(C)=C/C[C@]1(C)[C@H](C)C[C@@H](O)[C@@]23C(=C[C@H](OC(=O)C=C/C=C/CCCCC)C[C@@H]12)[C@@H](OC(C)=O)O[C@H]3OC(C)=O. The second-order valence-electron chi connectivity index (χ2n) is 12.1. The van der Waals surface area contributed by atoms with Gasteiger partial charge in [-0.1, -0.05) is 76.1 Å². The lowest BCUT2D eigenvalue weighted by molar-refractivity contribution is -0.253. The van der Waals surface area contributed by atoms with E-state index in [0.29, 0.717) is 24.8 Å². The van der Waals surface area contributed by atoms with Gasteiger partial charge in [0.2, 0.25) is 12.6 Å². The lowest BCUT2D eigenvalue weighted by Gasteiger charge is -2.60. The molecule has 0 radical (unpaired) electrons. The number of carbonyl (C=O) groups is 3. The molecular formula is C34H48O8. The molecule has 2 fully saturated rings. The number of hydrogen-bond acceptors (Lipinski definition) is 8. The van der Waals surface area contributed by atoms with Crippen LogP contribution in [0.25, 0.3) is 0 Å². The third kappa shape index (κ3) is 7.14. The number of rotatable bonds is 12. The predicted octanol–water partition coefficient (Wildman–Crippen LogP) is 6.26. The maximum absolute atomic E-state index is 12.9. The van der Waals surface area contributed by atoms with Crippen molar-refractivity contribution in [1.29, 1.82) is 0 Å². The average Bonchev–Trinajstić information content (AvgIpc) is 3.21. The fraction of sp³-hybridized carbons (Fsp3) is 0.618. The van der Waals surface area contributed by atoms with Crippen LogP contribution in [-0.4, -0.2) is 47.8 Å². The molecule has 1 saturated heterocycles. The molecule has 8 heteroatoms. The quantitative estimate of drug-likeness (QED) is 0.0715. The number of esters is 3. The molecule has 1 heterocycles. The van der Waals surface area contributed by atoms with Gasteiger partial charge in [-0.05, 0) is 62.4 Å². The summed E-state index contributed by atoms with van der Waals surface area (Å²) in [5.74, 6) is -1.98. The lowest BCUT2D eigenvalue weighted by atomic mass is 9.45. The fourth-order valence-corrected chi connectivity index (χ4v) is 6.88. The van der Waals surface area contributed by atoms with Gasteiger partial charge in [0.1, 0.15) is 6.10 Å². The molecule has 3 rings (SSSR count). The number of aliphatic hydroxyl groups excluding tert-OH is 1. The summed E-state index contributed by atoms with van der Waals surface area (Å²) in [7, 11) is 0. The first-order valence-corrected chi connectivity index (χ1v) is 15.1. The molecule has 0 unspecified atom stereocenters. The van der Waals surface area contributed by atoms with Gasteiger partial charge in [0.05, 0.1) is 11.5 Å². The second kappa shape index (κ2) is 14.5. The zero-order chi connectivity index (χ0) is 31.1. The Kier molecular flexibility index (Phi) is 11.6. The smallest absolute Gasteiger partial charge is 0.331 e. The molecule has 0 aromatic heterocycles. The molecule has 42 heavy (non-hydrogen) atoms.